The van der Waals surface area contributed by atoms with E-state index in [0.717, 1.165) is 12.1 Å². The quantitative estimate of drug-likeness (QED) is 0.687. The zero-order valence-electron chi connectivity index (χ0n) is 10.4. The highest BCUT2D eigenvalue weighted by molar-refractivity contribution is 7.80. The second kappa shape index (κ2) is 6.25. The van der Waals surface area contributed by atoms with E-state index < -0.39 is 17.5 Å². The molecule has 0 aliphatic rings. The Morgan fingerprint density at radius 1 is 1.47 bits per heavy atom. The first kappa shape index (κ1) is 15.8. The number of nitrogens with zero attached hydrogens (tertiary/aromatic N) is 1. The molecule has 0 spiro atoms. The van der Waals surface area contributed by atoms with E-state index in [0.29, 0.717) is 0 Å². The van der Waals surface area contributed by atoms with Gasteiger partial charge in [0, 0.05) is 19.5 Å². The van der Waals surface area contributed by atoms with E-state index in [-0.39, 0.29) is 28.0 Å². The van der Waals surface area contributed by atoms with Crippen molar-refractivity contribution in [2.45, 2.75) is 6.92 Å². The normalized spacial score (nSPS) is 12.1. The minimum Gasteiger partial charge on any atom is -0.393 e. The van der Waals surface area contributed by atoms with Crippen molar-refractivity contribution >= 4 is 34.7 Å². The second-order valence-electron chi connectivity index (χ2n) is 4.24. The molecule has 1 rings (SSSR count). The van der Waals surface area contributed by atoms with Crippen molar-refractivity contribution in [1.82, 2.24) is 4.90 Å². The zero-order chi connectivity index (χ0) is 14.7. The molecule has 0 aromatic heterocycles. The SMILES string of the molecule is CC(CN(C)C(=O)c1cc(F)c(Cl)cc1F)C(N)=S. The van der Waals surface area contributed by atoms with Gasteiger partial charge in [-0.2, -0.15) is 0 Å². The summed E-state index contributed by atoms with van der Waals surface area (Å²) in [4.78, 5) is 13.5. The molecule has 2 N–H and O–H groups in total. The Kier molecular flexibility index (Phi) is 5.20. The predicted octanol–water partition coefficient (Wildman–Crippen LogP) is 2.61. The first-order valence-electron chi connectivity index (χ1n) is 5.43. The lowest BCUT2D eigenvalue weighted by molar-refractivity contribution is 0.0782. The van der Waals surface area contributed by atoms with Crippen LogP contribution < -0.4 is 5.73 Å². The number of hydrogen-bond acceptors (Lipinski definition) is 2. The molecule has 0 heterocycles. The molecule has 0 radical (unpaired) electrons. The number of nitrogens with two attached hydrogens (primary N) is 1. The number of hydrogen-bond donors (Lipinski definition) is 1. The van der Waals surface area contributed by atoms with Crippen LogP contribution in [0.5, 0.6) is 0 Å². The summed E-state index contributed by atoms with van der Waals surface area (Å²) >= 11 is 10.2. The molecule has 1 aromatic carbocycles. The van der Waals surface area contributed by atoms with Gasteiger partial charge >= 0.3 is 0 Å². The highest BCUT2D eigenvalue weighted by Gasteiger charge is 2.20. The minimum atomic E-state index is -0.869. The van der Waals surface area contributed by atoms with Gasteiger partial charge in [0.25, 0.3) is 5.91 Å². The van der Waals surface area contributed by atoms with Crippen LogP contribution in [0, 0.1) is 17.6 Å². The molecule has 0 aliphatic heterocycles. The first-order valence-corrected chi connectivity index (χ1v) is 6.22. The van der Waals surface area contributed by atoms with Gasteiger partial charge in [0.05, 0.1) is 15.6 Å². The number of carbonyl (C=O) groups excluding carboxylic acids is 1. The molecule has 0 saturated carbocycles. The van der Waals surface area contributed by atoms with Crippen LogP contribution in [0.2, 0.25) is 5.02 Å². The molecule has 3 nitrogen and oxygen atoms in total. The molecule has 0 saturated heterocycles. The van der Waals surface area contributed by atoms with Gasteiger partial charge in [0.15, 0.2) is 0 Å². The predicted molar refractivity (Wildman–Crippen MR) is 74.3 cm³/mol. The van der Waals surface area contributed by atoms with Gasteiger partial charge in [0.2, 0.25) is 0 Å². The average Bonchev–Trinajstić information content (AvgIpc) is 2.32. The highest BCUT2D eigenvalue weighted by Crippen LogP contribution is 2.20. The van der Waals surface area contributed by atoms with Crippen LogP contribution in [-0.2, 0) is 0 Å². The molecular weight excluding hydrogens is 294 g/mol. The van der Waals surface area contributed by atoms with Gasteiger partial charge in [-0.3, -0.25) is 4.79 Å². The third-order valence-corrected chi connectivity index (χ3v) is 3.31. The summed E-state index contributed by atoms with van der Waals surface area (Å²) in [5.41, 5.74) is 5.06. The Labute approximate surface area is 120 Å². The fourth-order valence-corrected chi connectivity index (χ4v) is 1.70. The molecule has 104 valence electrons. The fraction of sp³-hybridized carbons (Fsp3) is 0.333. The van der Waals surface area contributed by atoms with Gasteiger partial charge in [-0.25, -0.2) is 8.78 Å². The maximum absolute atomic E-state index is 13.6. The molecule has 7 heteroatoms. The van der Waals surface area contributed by atoms with Gasteiger partial charge in [-0.1, -0.05) is 30.7 Å². The summed E-state index contributed by atoms with van der Waals surface area (Å²) in [7, 11) is 1.46. The molecular formula is C12H13ClF2N2OS. The van der Waals surface area contributed by atoms with Crippen molar-refractivity contribution in [2.24, 2.45) is 11.7 Å². The van der Waals surface area contributed by atoms with Crippen molar-refractivity contribution in [3.8, 4) is 0 Å². The number of amides is 1. The number of halogens is 3. The van der Waals surface area contributed by atoms with Crippen molar-refractivity contribution in [3.63, 3.8) is 0 Å². The molecule has 1 amide bonds. The van der Waals surface area contributed by atoms with Crippen LogP contribution in [0.15, 0.2) is 12.1 Å². The van der Waals surface area contributed by atoms with Crippen molar-refractivity contribution in [3.05, 3.63) is 34.4 Å². The zero-order valence-corrected chi connectivity index (χ0v) is 12.0. The Morgan fingerprint density at radius 3 is 2.58 bits per heavy atom. The number of thiocarbonyl (C=S) groups is 1. The van der Waals surface area contributed by atoms with E-state index in [9.17, 15) is 13.6 Å². The summed E-state index contributed by atoms with van der Waals surface area (Å²) in [5.74, 6) is -2.59. The van der Waals surface area contributed by atoms with Gasteiger partial charge < -0.3 is 10.6 Å². The largest absolute Gasteiger partial charge is 0.393 e. The van der Waals surface area contributed by atoms with E-state index in [1.54, 1.807) is 6.92 Å². The van der Waals surface area contributed by atoms with Crippen LogP contribution >= 0.6 is 23.8 Å². The Hall–Kier alpha value is -1.27. The van der Waals surface area contributed by atoms with Crippen LogP contribution in [0.3, 0.4) is 0 Å². The number of carbonyl (C=O) groups is 1. The molecule has 0 bridgehead atoms. The van der Waals surface area contributed by atoms with E-state index in [1.165, 1.54) is 11.9 Å². The average molecular weight is 307 g/mol. The van der Waals surface area contributed by atoms with Crippen molar-refractivity contribution < 1.29 is 13.6 Å². The van der Waals surface area contributed by atoms with E-state index >= 15 is 0 Å². The summed E-state index contributed by atoms with van der Waals surface area (Å²) in [6, 6.07) is 1.55. The topological polar surface area (TPSA) is 46.3 Å². The third kappa shape index (κ3) is 3.84. The van der Waals surface area contributed by atoms with Crippen molar-refractivity contribution in [2.75, 3.05) is 13.6 Å². The van der Waals surface area contributed by atoms with Crippen molar-refractivity contribution in [1.29, 1.82) is 0 Å². The molecule has 0 aliphatic carbocycles. The minimum absolute atomic E-state index is 0.218. The Bertz CT molecular complexity index is 525. The second-order valence-corrected chi connectivity index (χ2v) is 5.11. The standard InChI is InChI=1S/C12H13ClF2N2OS/c1-6(11(16)19)5-17(2)12(18)7-3-10(15)8(13)4-9(7)14/h3-4,6H,5H2,1-2H3,(H2,16,19). The molecule has 0 fully saturated rings. The van der Waals surface area contributed by atoms with E-state index in [1.807, 2.05) is 0 Å². The summed E-state index contributed by atoms with van der Waals surface area (Å²) in [6.07, 6.45) is 0. The summed E-state index contributed by atoms with van der Waals surface area (Å²) in [6.45, 7) is 1.96. The molecule has 1 atom stereocenters. The van der Waals surface area contributed by atoms with Gasteiger partial charge in [-0.05, 0) is 12.1 Å². The van der Waals surface area contributed by atoms with Gasteiger partial charge in [0.1, 0.15) is 11.6 Å². The lowest BCUT2D eigenvalue weighted by Crippen LogP contribution is -2.35. The van der Waals surface area contributed by atoms with E-state index in [2.05, 4.69) is 0 Å². The maximum atomic E-state index is 13.6. The summed E-state index contributed by atoms with van der Waals surface area (Å²) in [5, 5.41) is -0.367. The molecule has 19 heavy (non-hydrogen) atoms. The highest BCUT2D eigenvalue weighted by atomic mass is 35.5. The monoisotopic (exact) mass is 306 g/mol. The Morgan fingerprint density at radius 2 is 2.05 bits per heavy atom. The first-order chi connectivity index (χ1) is 8.73. The lowest BCUT2D eigenvalue weighted by atomic mass is 10.1. The smallest absolute Gasteiger partial charge is 0.256 e. The van der Waals surface area contributed by atoms with E-state index in [4.69, 9.17) is 29.6 Å². The van der Waals surface area contributed by atoms with Crippen LogP contribution in [-0.4, -0.2) is 29.4 Å². The summed E-state index contributed by atoms with van der Waals surface area (Å²) < 4.78 is 26.9. The third-order valence-electron chi connectivity index (χ3n) is 2.62. The van der Waals surface area contributed by atoms with Gasteiger partial charge in [-0.15, -0.1) is 0 Å². The fourth-order valence-electron chi connectivity index (χ4n) is 1.48. The van der Waals surface area contributed by atoms with Crippen LogP contribution in [0.25, 0.3) is 0 Å². The van der Waals surface area contributed by atoms with Crippen LogP contribution in [0.4, 0.5) is 8.78 Å². The maximum Gasteiger partial charge on any atom is 0.256 e. The number of rotatable bonds is 4. The Balaban J connectivity index is 2.94. The van der Waals surface area contributed by atoms with Crippen LogP contribution in [0.1, 0.15) is 17.3 Å². The lowest BCUT2D eigenvalue weighted by Gasteiger charge is -2.21. The molecule has 1 unspecified atom stereocenters. The number of benzene rings is 1. The molecule has 1 aromatic rings.